The molecule has 0 saturated heterocycles. The second-order valence-corrected chi connectivity index (χ2v) is 8.33. The van der Waals surface area contributed by atoms with Crippen LogP contribution >= 0.6 is 11.3 Å². The quantitative estimate of drug-likeness (QED) is 0.690. The Bertz CT molecular complexity index is 701. The fourth-order valence-corrected chi connectivity index (χ4v) is 3.19. The summed E-state index contributed by atoms with van der Waals surface area (Å²) in [6, 6.07) is 12.2. The highest BCUT2D eigenvalue weighted by atomic mass is 32.1. The van der Waals surface area contributed by atoms with Crippen molar-refractivity contribution in [2.45, 2.75) is 45.4 Å². The summed E-state index contributed by atoms with van der Waals surface area (Å²) < 4.78 is 0. The van der Waals surface area contributed by atoms with Crippen LogP contribution in [0.1, 0.15) is 54.4 Å². The minimum absolute atomic E-state index is 0.0293. The van der Waals surface area contributed by atoms with Gasteiger partial charge < -0.3 is 10.6 Å². The third-order valence-electron chi connectivity index (χ3n) is 4.17. The van der Waals surface area contributed by atoms with E-state index in [0.717, 1.165) is 6.42 Å². The first-order valence-electron chi connectivity index (χ1n) is 9.04. The lowest BCUT2D eigenvalue weighted by molar-refractivity contribution is -0.121. The Hall–Kier alpha value is -2.14. The molecule has 140 valence electrons. The molecule has 0 fully saturated rings. The highest BCUT2D eigenvalue weighted by molar-refractivity contribution is 7.12. The molecule has 2 N–H and O–H groups in total. The third-order valence-corrected chi connectivity index (χ3v) is 5.04. The highest BCUT2D eigenvalue weighted by Crippen LogP contribution is 2.22. The summed E-state index contributed by atoms with van der Waals surface area (Å²) in [5, 5.41) is 7.65. The Morgan fingerprint density at radius 2 is 1.73 bits per heavy atom. The molecule has 0 atom stereocenters. The monoisotopic (exact) mass is 372 g/mol. The molecular formula is C21H28N2O2S. The molecule has 1 aromatic carbocycles. The zero-order valence-corrected chi connectivity index (χ0v) is 16.6. The summed E-state index contributed by atoms with van der Waals surface area (Å²) in [5.41, 5.74) is 2.70. The Kier molecular flexibility index (Phi) is 7.39. The van der Waals surface area contributed by atoms with Crippen LogP contribution in [0, 0.1) is 0 Å². The fourth-order valence-electron chi connectivity index (χ4n) is 2.55. The van der Waals surface area contributed by atoms with Gasteiger partial charge in [-0.25, -0.2) is 0 Å². The van der Waals surface area contributed by atoms with E-state index in [2.05, 4.69) is 55.7 Å². The maximum Gasteiger partial charge on any atom is 0.261 e. The molecule has 2 aromatic rings. The minimum Gasteiger partial charge on any atom is -0.356 e. The van der Waals surface area contributed by atoms with Crippen molar-refractivity contribution in [1.82, 2.24) is 10.6 Å². The first-order valence-corrected chi connectivity index (χ1v) is 9.92. The van der Waals surface area contributed by atoms with E-state index in [1.165, 1.54) is 22.5 Å². The standard InChI is InChI=1S/C21H28N2O2S/c1-21(2,3)17-10-8-16(9-11-17)12-14-22-19(24)7-4-13-23-20(25)18-6-5-15-26-18/h5-6,8-11,15H,4,7,12-14H2,1-3H3,(H,22,24)(H,23,25). The lowest BCUT2D eigenvalue weighted by atomic mass is 9.86. The number of hydrogen-bond acceptors (Lipinski definition) is 3. The molecule has 0 bridgehead atoms. The van der Waals surface area contributed by atoms with E-state index in [9.17, 15) is 9.59 Å². The van der Waals surface area contributed by atoms with Crippen molar-refractivity contribution in [3.8, 4) is 0 Å². The first kappa shape index (κ1) is 20.2. The van der Waals surface area contributed by atoms with E-state index >= 15 is 0 Å². The molecule has 0 aliphatic rings. The number of amides is 2. The zero-order valence-electron chi connectivity index (χ0n) is 15.8. The van der Waals surface area contributed by atoms with Crippen LogP contribution in [-0.4, -0.2) is 24.9 Å². The summed E-state index contributed by atoms with van der Waals surface area (Å²) in [7, 11) is 0. The van der Waals surface area contributed by atoms with E-state index in [1.807, 2.05) is 11.4 Å². The van der Waals surface area contributed by atoms with Gasteiger partial charge in [0.05, 0.1) is 4.88 Å². The zero-order chi connectivity index (χ0) is 19.0. The molecule has 0 unspecified atom stereocenters. The predicted octanol–water partition coefficient (Wildman–Crippen LogP) is 3.91. The molecule has 2 amide bonds. The normalized spacial score (nSPS) is 11.2. The Labute approximate surface area is 160 Å². The van der Waals surface area contributed by atoms with Crippen molar-refractivity contribution in [3.63, 3.8) is 0 Å². The van der Waals surface area contributed by atoms with Gasteiger partial charge in [-0.2, -0.15) is 0 Å². The second-order valence-electron chi connectivity index (χ2n) is 7.38. The Morgan fingerprint density at radius 3 is 2.35 bits per heavy atom. The smallest absolute Gasteiger partial charge is 0.261 e. The van der Waals surface area contributed by atoms with Crippen LogP contribution in [0.5, 0.6) is 0 Å². The Morgan fingerprint density at radius 1 is 1.00 bits per heavy atom. The molecule has 5 heteroatoms. The topological polar surface area (TPSA) is 58.2 Å². The fraction of sp³-hybridized carbons (Fsp3) is 0.429. The maximum absolute atomic E-state index is 11.9. The van der Waals surface area contributed by atoms with Gasteiger partial charge in [-0.15, -0.1) is 11.3 Å². The predicted molar refractivity (Wildman–Crippen MR) is 108 cm³/mol. The van der Waals surface area contributed by atoms with Crippen molar-refractivity contribution in [2.24, 2.45) is 0 Å². The summed E-state index contributed by atoms with van der Waals surface area (Å²) in [5.74, 6) is -0.0409. The van der Waals surface area contributed by atoms with Gasteiger partial charge in [0, 0.05) is 19.5 Å². The molecule has 0 saturated carbocycles. The molecule has 26 heavy (non-hydrogen) atoms. The largest absolute Gasteiger partial charge is 0.356 e. The highest BCUT2D eigenvalue weighted by Gasteiger charge is 2.12. The molecule has 2 rings (SSSR count). The van der Waals surface area contributed by atoms with Crippen LogP contribution in [0.2, 0.25) is 0 Å². The average molecular weight is 373 g/mol. The lowest BCUT2D eigenvalue weighted by Gasteiger charge is -2.19. The Balaban J connectivity index is 1.59. The van der Waals surface area contributed by atoms with Crippen LogP contribution in [-0.2, 0) is 16.6 Å². The SMILES string of the molecule is CC(C)(C)c1ccc(CCNC(=O)CCCNC(=O)c2cccs2)cc1. The van der Waals surface area contributed by atoms with E-state index in [0.29, 0.717) is 30.8 Å². The van der Waals surface area contributed by atoms with E-state index in [4.69, 9.17) is 0 Å². The first-order chi connectivity index (χ1) is 12.4. The number of benzene rings is 1. The van der Waals surface area contributed by atoms with Crippen LogP contribution in [0.4, 0.5) is 0 Å². The summed E-state index contributed by atoms with van der Waals surface area (Å²) >= 11 is 1.42. The van der Waals surface area contributed by atoms with Gasteiger partial charge in [0.1, 0.15) is 0 Å². The number of rotatable bonds is 8. The number of carbonyl (C=O) groups excluding carboxylic acids is 2. The number of hydrogen-bond donors (Lipinski definition) is 2. The molecule has 1 heterocycles. The summed E-state index contributed by atoms with van der Waals surface area (Å²) in [6.45, 7) is 7.74. The minimum atomic E-state index is -0.0703. The van der Waals surface area contributed by atoms with Gasteiger partial charge in [0.15, 0.2) is 0 Å². The van der Waals surface area contributed by atoms with E-state index in [1.54, 1.807) is 6.07 Å². The maximum atomic E-state index is 11.9. The molecule has 4 nitrogen and oxygen atoms in total. The number of thiophene rings is 1. The van der Waals surface area contributed by atoms with Gasteiger partial charge in [0.25, 0.3) is 5.91 Å². The molecule has 0 radical (unpaired) electrons. The van der Waals surface area contributed by atoms with Crippen LogP contribution in [0.3, 0.4) is 0 Å². The number of nitrogens with one attached hydrogen (secondary N) is 2. The molecular weight excluding hydrogens is 344 g/mol. The molecule has 1 aromatic heterocycles. The van der Waals surface area contributed by atoms with Gasteiger partial charge in [-0.1, -0.05) is 51.1 Å². The van der Waals surface area contributed by atoms with Crippen molar-refractivity contribution < 1.29 is 9.59 Å². The molecule has 0 spiro atoms. The summed E-state index contributed by atoms with van der Waals surface area (Å²) in [4.78, 5) is 24.3. The van der Waals surface area contributed by atoms with Crippen molar-refractivity contribution in [3.05, 3.63) is 57.8 Å². The van der Waals surface area contributed by atoms with Crippen molar-refractivity contribution in [1.29, 1.82) is 0 Å². The van der Waals surface area contributed by atoms with Gasteiger partial charge in [-0.05, 0) is 40.8 Å². The van der Waals surface area contributed by atoms with Gasteiger partial charge in [-0.3, -0.25) is 9.59 Å². The van der Waals surface area contributed by atoms with Crippen LogP contribution < -0.4 is 10.6 Å². The van der Waals surface area contributed by atoms with Gasteiger partial charge in [0.2, 0.25) is 5.91 Å². The van der Waals surface area contributed by atoms with E-state index < -0.39 is 0 Å². The molecule has 0 aliphatic carbocycles. The second kappa shape index (κ2) is 9.53. The van der Waals surface area contributed by atoms with Gasteiger partial charge >= 0.3 is 0 Å². The molecule has 0 aliphatic heterocycles. The van der Waals surface area contributed by atoms with E-state index in [-0.39, 0.29) is 17.2 Å². The lowest BCUT2D eigenvalue weighted by Crippen LogP contribution is -2.28. The number of carbonyl (C=O) groups is 2. The average Bonchev–Trinajstić information content (AvgIpc) is 3.13. The van der Waals surface area contributed by atoms with Crippen molar-refractivity contribution in [2.75, 3.05) is 13.1 Å². The summed E-state index contributed by atoms with van der Waals surface area (Å²) in [6.07, 6.45) is 1.89. The van der Waals surface area contributed by atoms with Crippen LogP contribution in [0.15, 0.2) is 41.8 Å². The van der Waals surface area contributed by atoms with Crippen LogP contribution in [0.25, 0.3) is 0 Å². The van der Waals surface area contributed by atoms with Crippen molar-refractivity contribution >= 4 is 23.2 Å². The third kappa shape index (κ3) is 6.64.